The number of aromatic nitrogens is 2. The minimum absolute atomic E-state index is 0.0772. The zero-order chi connectivity index (χ0) is 11.1. The molecule has 2 unspecified atom stereocenters. The molecule has 0 bridgehead atoms. The molecule has 1 aliphatic heterocycles. The molecule has 15 heavy (non-hydrogen) atoms. The lowest BCUT2D eigenvalue weighted by Crippen LogP contribution is -2.32. The molecule has 1 aromatic rings. The fourth-order valence-corrected chi connectivity index (χ4v) is 3.16. The van der Waals surface area contributed by atoms with Gasteiger partial charge in [0.1, 0.15) is 4.90 Å². The summed E-state index contributed by atoms with van der Waals surface area (Å²) in [6, 6.07) is -0.0772. The van der Waals surface area contributed by atoms with E-state index in [2.05, 4.69) is 10.2 Å². The van der Waals surface area contributed by atoms with E-state index in [4.69, 9.17) is 5.73 Å². The summed E-state index contributed by atoms with van der Waals surface area (Å²) in [5, 5.41) is 6.13. The van der Waals surface area contributed by atoms with E-state index in [1.165, 1.54) is 16.7 Å². The Hall–Kier alpha value is -0.920. The zero-order valence-corrected chi connectivity index (χ0v) is 9.24. The third-order valence-corrected chi connectivity index (χ3v) is 4.54. The van der Waals surface area contributed by atoms with Gasteiger partial charge >= 0.3 is 0 Å². The van der Waals surface area contributed by atoms with Gasteiger partial charge in [-0.25, -0.2) is 8.42 Å². The van der Waals surface area contributed by atoms with Crippen LogP contribution in [0.25, 0.3) is 0 Å². The number of nitrogens with one attached hydrogen (secondary N) is 1. The maximum absolute atomic E-state index is 12.0. The van der Waals surface area contributed by atoms with Gasteiger partial charge in [-0.1, -0.05) is 6.92 Å². The highest BCUT2D eigenvalue weighted by Gasteiger charge is 2.35. The monoisotopic (exact) mass is 230 g/mol. The molecule has 0 radical (unpaired) electrons. The lowest BCUT2D eigenvalue weighted by atomic mass is 10.1. The third-order valence-electron chi connectivity index (χ3n) is 2.75. The number of H-pyrrole nitrogens is 1. The van der Waals surface area contributed by atoms with E-state index in [0.29, 0.717) is 13.1 Å². The van der Waals surface area contributed by atoms with Crippen molar-refractivity contribution >= 4 is 10.0 Å². The van der Waals surface area contributed by atoms with Gasteiger partial charge in [0, 0.05) is 25.3 Å². The van der Waals surface area contributed by atoms with Crippen LogP contribution >= 0.6 is 0 Å². The molecule has 1 aliphatic rings. The summed E-state index contributed by atoms with van der Waals surface area (Å²) in [6.07, 6.45) is 2.69. The summed E-state index contributed by atoms with van der Waals surface area (Å²) in [7, 11) is -3.40. The predicted molar refractivity (Wildman–Crippen MR) is 54.5 cm³/mol. The van der Waals surface area contributed by atoms with Gasteiger partial charge in [-0.05, 0) is 5.92 Å². The topological polar surface area (TPSA) is 92.1 Å². The van der Waals surface area contributed by atoms with Crippen LogP contribution in [0.3, 0.4) is 0 Å². The molecule has 2 rings (SSSR count). The van der Waals surface area contributed by atoms with Crippen molar-refractivity contribution in [2.45, 2.75) is 17.9 Å². The summed E-state index contributed by atoms with van der Waals surface area (Å²) in [5.74, 6) is 0.201. The van der Waals surface area contributed by atoms with Crippen molar-refractivity contribution in [3.8, 4) is 0 Å². The maximum atomic E-state index is 12.0. The fraction of sp³-hybridized carbons (Fsp3) is 0.625. The second-order valence-corrected chi connectivity index (χ2v) is 5.84. The molecule has 1 fully saturated rings. The summed E-state index contributed by atoms with van der Waals surface area (Å²) < 4.78 is 25.4. The van der Waals surface area contributed by atoms with Crippen molar-refractivity contribution in [2.75, 3.05) is 13.1 Å². The molecule has 1 saturated heterocycles. The third kappa shape index (κ3) is 1.77. The van der Waals surface area contributed by atoms with Crippen molar-refractivity contribution in [3.05, 3.63) is 12.4 Å². The molecule has 3 N–H and O–H groups in total. The van der Waals surface area contributed by atoms with E-state index < -0.39 is 10.0 Å². The largest absolute Gasteiger partial charge is 0.326 e. The minimum Gasteiger partial charge on any atom is -0.326 e. The normalized spacial score (nSPS) is 28.4. The first kappa shape index (κ1) is 10.6. The number of rotatable bonds is 2. The van der Waals surface area contributed by atoms with Gasteiger partial charge in [0.15, 0.2) is 0 Å². The molecule has 84 valence electrons. The van der Waals surface area contributed by atoms with Gasteiger partial charge in [0.05, 0.1) is 6.20 Å². The number of nitrogens with zero attached hydrogens (tertiary/aromatic N) is 2. The number of hydrogen-bond donors (Lipinski definition) is 2. The zero-order valence-electron chi connectivity index (χ0n) is 8.42. The fourth-order valence-electron chi connectivity index (χ4n) is 1.67. The van der Waals surface area contributed by atoms with Crippen molar-refractivity contribution in [3.63, 3.8) is 0 Å². The number of nitrogens with two attached hydrogens (primary N) is 1. The highest BCUT2D eigenvalue weighted by molar-refractivity contribution is 7.89. The highest BCUT2D eigenvalue weighted by Crippen LogP contribution is 2.22. The van der Waals surface area contributed by atoms with E-state index in [1.54, 1.807) is 0 Å². The molecule has 7 heteroatoms. The van der Waals surface area contributed by atoms with E-state index >= 15 is 0 Å². The van der Waals surface area contributed by atoms with E-state index in [1.807, 2.05) is 6.92 Å². The van der Waals surface area contributed by atoms with Gasteiger partial charge in [0.2, 0.25) is 10.0 Å². The smallest absolute Gasteiger partial charge is 0.246 e. The first-order valence-electron chi connectivity index (χ1n) is 4.76. The number of hydrogen-bond acceptors (Lipinski definition) is 4. The van der Waals surface area contributed by atoms with Gasteiger partial charge in [-0.2, -0.15) is 9.40 Å². The Bertz CT molecular complexity index is 418. The Morgan fingerprint density at radius 2 is 2.33 bits per heavy atom. The van der Waals surface area contributed by atoms with Crippen LogP contribution in [-0.4, -0.2) is 42.1 Å². The Balaban J connectivity index is 2.25. The Morgan fingerprint density at radius 3 is 2.80 bits per heavy atom. The second kappa shape index (κ2) is 3.58. The molecular weight excluding hydrogens is 216 g/mol. The molecule has 0 spiro atoms. The van der Waals surface area contributed by atoms with Crippen molar-refractivity contribution in [1.29, 1.82) is 0 Å². The lowest BCUT2D eigenvalue weighted by molar-refractivity contribution is 0.464. The van der Waals surface area contributed by atoms with Crippen LogP contribution in [0.1, 0.15) is 6.92 Å². The molecule has 2 atom stereocenters. The molecule has 0 saturated carbocycles. The molecule has 1 aromatic heterocycles. The van der Waals surface area contributed by atoms with Gasteiger partial charge in [0.25, 0.3) is 0 Å². The Labute approximate surface area is 88.5 Å². The van der Waals surface area contributed by atoms with Crippen LogP contribution in [0.2, 0.25) is 0 Å². The molecule has 0 amide bonds. The average Bonchev–Trinajstić information content (AvgIpc) is 2.77. The number of aromatic amines is 1. The highest BCUT2D eigenvalue weighted by atomic mass is 32.2. The van der Waals surface area contributed by atoms with Crippen molar-refractivity contribution in [2.24, 2.45) is 11.7 Å². The lowest BCUT2D eigenvalue weighted by Gasteiger charge is -2.13. The second-order valence-electron chi connectivity index (χ2n) is 3.90. The van der Waals surface area contributed by atoms with E-state index in [-0.39, 0.29) is 16.9 Å². The summed E-state index contributed by atoms with van der Waals surface area (Å²) >= 11 is 0. The Kier molecular flexibility index (Phi) is 2.53. The number of sulfonamides is 1. The first-order chi connectivity index (χ1) is 7.01. The minimum atomic E-state index is -3.40. The molecule has 0 aliphatic carbocycles. The van der Waals surface area contributed by atoms with Crippen LogP contribution in [-0.2, 0) is 10.0 Å². The van der Waals surface area contributed by atoms with E-state index in [9.17, 15) is 8.42 Å². The van der Waals surface area contributed by atoms with Crippen LogP contribution in [0.5, 0.6) is 0 Å². The average molecular weight is 230 g/mol. The summed E-state index contributed by atoms with van der Waals surface area (Å²) in [4.78, 5) is 0.198. The Morgan fingerprint density at radius 1 is 1.60 bits per heavy atom. The maximum Gasteiger partial charge on any atom is 0.246 e. The van der Waals surface area contributed by atoms with Gasteiger partial charge < -0.3 is 5.73 Å². The molecule has 0 aromatic carbocycles. The molecule has 6 nitrogen and oxygen atoms in total. The van der Waals surface area contributed by atoms with Crippen LogP contribution < -0.4 is 5.73 Å². The predicted octanol–water partition coefficient (Wildman–Crippen LogP) is -0.623. The van der Waals surface area contributed by atoms with Crippen LogP contribution in [0.4, 0.5) is 0 Å². The van der Waals surface area contributed by atoms with Crippen molar-refractivity contribution < 1.29 is 8.42 Å². The standard InChI is InChI=1S/C8H14N4O2S/c1-6-4-12(5-8(6)9)15(13,14)7-2-10-11-3-7/h2-3,6,8H,4-5,9H2,1H3,(H,10,11). The van der Waals surface area contributed by atoms with Crippen molar-refractivity contribution in [1.82, 2.24) is 14.5 Å². The van der Waals surface area contributed by atoms with Crippen LogP contribution in [0, 0.1) is 5.92 Å². The van der Waals surface area contributed by atoms with E-state index in [0.717, 1.165) is 0 Å². The first-order valence-corrected chi connectivity index (χ1v) is 6.20. The molecular formula is C8H14N4O2S. The quantitative estimate of drug-likeness (QED) is 0.708. The van der Waals surface area contributed by atoms with Crippen LogP contribution in [0.15, 0.2) is 17.3 Å². The summed E-state index contributed by atoms with van der Waals surface area (Å²) in [6.45, 7) is 2.82. The van der Waals surface area contributed by atoms with Gasteiger partial charge in [-0.3, -0.25) is 5.10 Å². The summed E-state index contributed by atoms with van der Waals surface area (Å²) in [5.41, 5.74) is 5.79. The molecule has 2 heterocycles. The van der Waals surface area contributed by atoms with Gasteiger partial charge in [-0.15, -0.1) is 0 Å². The SMILES string of the molecule is CC1CN(S(=O)(=O)c2cn[nH]c2)CC1N.